The van der Waals surface area contributed by atoms with Gasteiger partial charge >= 0.3 is 0 Å². The lowest BCUT2D eigenvalue weighted by molar-refractivity contribution is -0.122. The summed E-state index contributed by atoms with van der Waals surface area (Å²) in [5.41, 5.74) is 4.89. The van der Waals surface area contributed by atoms with E-state index in [2.05, 4.69) is 24.4 Å². The number of hydrogen-bond acceptors (Lipinski definition) is 3. The molecule has 2 aromatic carbocycles. The van der Waals surface area contributed by atoms with Gasteiger partial charge in [0.15, 0.2) is 0 Å². The first-order valence-electron chi connectivity index (χ1n) is 9.81. The van der Waals surface area contributed by atoms with Crippen LogP contribution in [0.5, 0.6) is 5.75 Å². The Labute approximate surface area is 166 Å². The van der Waals surface area contributed by atoms with Crippen LogP contribution in [0.15, 0.2) is 36.4 Å². The first-order valence-corrected chi connectivity index (χ1v) is 9.81. The Morgan fingerprint density at radius 1 is 1.14 bits per heavy atom. The lowest BCUT2D eigenvalue weighted by Crippen LogP contribution is -2.28. The van der Waals surface area contributed by atoms with Crippen molar-refractivity contribution in [3.63, 3.8) is 0 Å². The van der Waals surface area contributed by atoms with E-state index in [1.54, 1.807) is 4.90 Å². The molecular formula is C23H28N2O3. The van der Waals surface area contributed by atoms with Crippen molar-refractivity contribution in [3.05, 3.63) is 53.1 Å². The highest BCUT2D eigenvalue weighted by molar-refractivity contribution is 6.04. The molecule has 28 heavy (non-hydrogen) atoms. The fourth-order valence-electron chi connectivity index (χ4n) is 3.68. The van der Waals surface area contributed by atoms with E-state index < -0.39 is 0 Å². The molecule has 5 heteroatoms. The maximum absolute atomic E-state index is 12.8. The summed E-state index contributed by atoms with van der Waals surface area (Å²) in [5, 5.41) is 3.03. The van der Waals surface area contributed by atoms with Crippen LogP contribution in [0, 0.1) is 26.7 Å². The molecule has 0 bridgehead atoms. The number of amides is 2. The molecule has 0 aromatic heterocycles. The number of nitrogens with zero attached hydrogens (tertiary/aromatic N) is 1. The fourth-order valence-corrected chi connectivity index (χ4v) is 3.68. The molecule has 0 saturated carbocycles. The van der Waals surface area contributed by atoms with E-state index in [0.29, 0.717) is 13.2 Å². The van der Waals surface area contributed by atoms with E-state index in [9.17, 15) is 9.59 Å². The molecule has 0 aliphatic carbocycles. The number of rotatable bonds is 6. The first-order chi connectivity index (χ1) is 13.4. The number of aryl methyl sites for hydroxylation is 3. The molecule has 2 aromatic rings. The van der Waals surface area contributed by atoms with Gasteiger partial charge in [0.1, 0.15) is 5.75 Å². The van der Waals surface area contributed by atoms with Gasteiger partial charge in [-0.2, -0.15) is 0 Å². The molecule has 1 heterocycles. The number of benzene rings is 2. The molecule has 1 saturated heterocycles. The molecule has 2 amide bonds. The van der Waals surface area contributed by atoms with E-state index in [-0.39, 0.29) is 24.2 Å². The zero-order chi connectivity index (χ0) is 20.3. The standard InChI is InChI=1S/C23H28N2O3/c1-5-10-28-20-8-6-19(7-9-20)25-14-18(13-21(25)26)23(27)24-22-16(3)11-15(2)12-17(22)4/h6-9,11-12,18H,5,10,13-14H2,1-4H3,(H,24,27)/t18-/m0/s1. The predicted octanol–water partition coefficient (Wildman–Crippen LogP) is 4.39. The molecule has 1 fully saturated rings. The SMILES string of the molecule is CCCOc1ccc(N2C[C@@H](C(=O)Nc3c(C)cc(C)cc3C)CC2=O)cc1. The van der Waals surface area contributed by atoms with Gasteiger partial charge in [-0.05, 0) is 62.6 Å². The van der Waals surface area contributed by atoms with Crippen molar-refractivity contribution >= 4 is 23.2 Å². The molecule has 148 valence electrons. The van der Waals surface area contributed by atoms with Gasteiger partial charge in [-0.25, -0.2) is 0 Å². The minimum Gasteiger partial charge on any atom is -0.494 e. The molecule has 1 atom stereocenters. The van der Waals surface area contributed by atoms with Gasteiger partial charge in [0.2, 0.25) is 11.8 Å². The highest BCUT2D eigenvalue weighted by Crippen LogP contribution is 2.29. The number of carbonyl (C=O) groups excluding carboxylic acids is 2. The molecule has 0 unspecified atom stereocenters. The zero-order valence-electron chi connectivity index (χ0n) is 17.0. The average Bonchev–Trinajstić information content (AvgIpc) is 3.05. The van der Waals surface area contributed by atoms with Crippen molar-refractivity contribution in [1.29, 1.82) is 0 Å². The molecule has 5 nitrogen and oxygen atoms in total. The second kappa shape index (κ2) is 8.46. The van der Waals surface area contributed by atoms with Crippen molar-refractivity contribution in [3.8, 4) is 5.75 Å². The molecule has 0 spiro atoms. The quantitative estimate of drug-likeness (QED) is 0.808. The van der Waals surface area contributed by atoms with Crippen LogP contribution in [0.4, 0.5) is 11.4 Å². The molecular weight excluding hydrogens is 352 g/mol. The van der Waals surface area contributed by atoms with Crippen molar-refractivity contribution in [2.75, 3.05) is 23.4 Å². The normalized spacial score (nSPS) is 16.4. The minimum atomic E-state index is -0.358. The number of carbonyl (C=O) groups is 2. The Hall–Kier alpha value is -2.82. The maximum Gasteiger partial charge on any atom is 0.229 e. The largest absolute Gasteiger partial charge is 0.494 e. The van der Waals surface area contributed by atoms with Crippen LogP contribution in [0.2, 0.25) is 0 Å². The maximum atomic E-state index is 12.8. The van der Waals surface area contributed by atoms with E-state index in [4.69, 9.17) is 4.74 Å². The van der Waals surface area contributed by atoms with Gasteiger partial charge in [0.25, 0.3) is 0 Å². The smallest absolute Gasteiger partial charge is 0.229 e. The van der Waals surface area contributed by atoms with E-state index >= 15 is 0 Å². The summed E-state index contributed by atoms with van der Waals surface area (Å²) in [7, 11) is 0. The highest BCUT2D eigenvalue weighted by Gasteiger charge is 2.35. The molecule has 3 rings (SSSR count). The van der Waals surface area contributed by atoms with Gasteiger partial charge in [0, 0.05) is 24.3 Å². The Bertz CT molecular complexity index is 851. The summed E-state index contributed by atoms with van der Waals surface area (Å²) in [6, 6.07) is 11.6. The van der Waals surface area contributed by atoms with E-state index in [1.165, 1.54) is 5.56 Å². The topological polar surface area (TPSA) is 58.6 Å². The molecule has 1 aliphatic heterocycles. The Morgan fingerprint density at radius 3 is 2.39 bits per heavy atom. The van der Waals surface area contributed by atoms with Crippen LogP contribution >= 0.6 is 0 Å². The van der Waals surface area contributed by atoms with Gasteiger partial charge < -0.3 is 15.0 Å². The second-order valence-corrected chi connectivity index (χ2v) is 7.51. The van der Waals surface area contributed by atoms with Crippen LogP contribution in [-0.4, -0.2) is 25.0 Å². The zero-order valence-corrected chi connectivity index (χ0v) is 17.0. The highest BCUT2D eigenvalue weighted by atomic mass is 16.5. The van der Waals surface area contributed by atoms with Crippen molar-refractivity contribution in [2.45, 2.75) is 40.5 Å². The lowest BCUT2D eigenvalue weighted by atomic mass is 10.0. The minimum absolute atomic E-state index is 0.0280. The van der Waals surface area contributed by atoms with Gasteiger partial charge in [-0.15, -0.1) is 0 Å². The van der Waals surface area contributed by atoms with Crippen LogP contribution in [-0.2, 0) is 9.59 Å². The number of hydrogen-bond donors (Lipinski definition) is 1. The molecule has 0 radical (unpaired) electrons. The average molecular weight is 380 g/mol. The van der Waals surface area contributed by atoms with Crippen LogP contribution in [0.3, 0.4) is 0 Å². The predicted molar refractivity (Wildman–Crippen MR) is 112 cm³/mol. The van der Waals surface area contributed by atoms with E-state index in [0.717, 1.165) is 34.7 Å². The summed E-state index contributed by atoms with van der Waals surface area (Å²) in [4.78, 5) is 27.0. The molecule has 1 N–H and O–H groups in total. The summed E-state index contributed by atoms with van der Waals surface area (Å²) < 4.78 is 5.59. The van der Waals surface area contributed by atoms with Gasteiger partial charge in [-0.1, -0.05) is 24.6 Å². The first kappa shape index (κ1) is 19.9. The number of anilines is 2. The monoisotopic (exact) mass is 380 g/mol. The third-order valence-corrected chi connectivity index (χ3v) is 5.04. The summed E-state index contributed by atoms with van der Waals surface area (Å²) in [5.74, 6) is 0.300. The van der Waals surface area contributed by atoms with Crippen LogP contribution in [0.1, 0.15) is 36.5 Å². The Morgan fingerprint density at radius 2 is 1.79 bits per heavy atom. The summed E-state index contributed by atoms with van der Waals surface area (Å²) in [6.45, 7) is 9.14. The fraction of sp³-hybridized carbons (Fsp3) is 0.391. The summed E-state index contributed by atoms with van der Waals surface area (Å²) in [6.07, 6.45) is 1.17. The van der Waals surface area contributed by atoms with Crippen LogP contribution < -0.4 is 15.0 Å². The third-order valence-electron chi connectivity index (χ3n) is 5.04. The van der Waals surface area contributed by atoms with Crippen molar-refractivity contribution in [2.24, 2.45) is 5.92 Å². The second-order valence-electron chi connectivity index (χ2n) is 7.51. The van der Waals surface area contributed by atoms with E-state index in [1.807, 2.05) is 45.0 Å². The lowest BCUT2D eigenvalue weighted by Gasteiger charge is -2.18. The van der Waals surface area contributed by atoms with Gasteiger partial charge in [-0.3, -0.25) is 9.59 Å². The van der Waals surface area contributed by atoms with Gasteiger partial charge in [0.05, 0.1) is 12.5 Å². The van der Waals surface area contributed by atoms with Crippen molar-refractivity contribution < 1.29 is 14.3 Å². The van der Waals surface area contributed by atoms with Crippen LogP contribution in [0.25, 0.3) is 0 Å². The Kier molecular flexibility index (Phi) is 6.02. The summed E-state index contributed by atoms with van der Waals surface area (Å²) >= 11 is 0. The van der Waals surface area contributed by atoms with Crippen molar-refractivity contribution in [1.82, 2.24) is 0 Å². The molecule has 1 aliphatic rings. The number of ether oxygens (including phenoxy) is 1. The third kappa shape index (κ3) is 4.35. The number of nitrogens with one attached hydrogen (secondary N) is 1. The Balaban J connectivity index is 1.68.